The maximum Gasteiger partial charge on any atom is 0.275 e. The van der Waals surface area contributed by atoms with E-state index < -0.39 is 0 Å². The Labute approximate surface area is 115 Å². The van der Waals surface area contributed by atoms with E-state index in [4.69, 9.17) is 5.26 Å². The Bertz CT molecular complexity index is 627. The summed E-state index contributed by atoms with van der Waals surface area (Å²) >= 11 is 1.38. The molecule has 0 amide bonds. The molecule has 1 aromatic heterocycles. The third-order valence-electron chi connectivity index (χ3n) is 3.05. The monoisotopic (exact) mass is 274 g/mol. The van der Waals surface area contributed by atoms with Crippen LogP contribution in [0, 0.1) is 30.1 Å². The molecule has 98 valence electrons. The van der Waals surface area contributed by atoms with Gasteiger partial charge in [0.05, 0.1) is 12.0 Å². The van der Waals surface area contributed by atoms with Gasteiger partial charge in [0.15, 0.2) is 5.16 Å². The average Bonchev–Trinajstić information content (AvgIpc) is 2.44. The number of thioether (sulfide) groups is 1. The second-order valence-electron chi connectivity index (χ2n) is 4.28. The molecule has 1 aliphatic rings. The van der Waals surface area contributed by atoms with Crippen LogP contribution in [0.5, 0.6) is 0 Å². The second kappa shape index (κ2) is 5.85. The van der Waals surface area contributed by atoms with Crippen LogP contribution in [0.1, 0.15) is 5.69 Å². The molecule has 0 fully saturated rings. The van der Waals surface area contributed by atoms with Crippen molar-refractivity contribution in [2.75, 3.05) is 6.26 Å². The fourth-order valence-electron chi connectivity index (χ4n) is 1.99. The summed E-state index contributed by atoms with van der Waals surface area (Å²) in [5.41, 5.74) is 0.237. The predicted molar refractivity (Wildman–Crippen MR) is 73.7 cm³/mol. The molecule has 0 N–H and O–H groups in total. The molecule has 19 heavy (non-hydrogen) atoms. The summed E-state index contributed by atoms with van der Waals surface area (Å²) in [4.78, 5) is 12.1. The Morgan fingerprint density at radius 1 is 1.42 bits per heavy atom. The standard InChI is InChI=1S/C13H14N4OS/c1-9-12(18)17(13(19-2)16-15-9)8-11-6-4-3-5-10(11)7-14/h3-6,10-11H,8H2,1-2H3. The van der Waals surface area contributed by atoms with Crippen molar-refractivity contribution >= 4 is 11.8 Å². The molecule has 0 spiro atoms. The Morgan fingerprint density at radius 3 is 2.84 bits per heavy atom. The molecule has 1 heterocycles. The van der Waals surface area contributed by atoms with Gasteiger partial charge in [-0.25, -0.2) is 0 Å². The van der Waals surface area contributed by atoms with E-state index in [1.807, 2.05) is 30.6 Å². The third-order valence-corrected chi connectivity index (χ3v) is 3.71. The van der Waals surface area contributed by atoms with E-state index in [2.05, 4.69) is 16.3 Å². The highest BCUT2D eigenvalue weighted by Crippen LogP contribution is 2.22. The lowest BCUT2D eigenvalue weighted by molar-refractivity contribution is 0.425. The van der Waals surface area contributed by atoms with Crippen molar-refractivity contribution in [2.24, 2.45) is 11.8 Å². The molecule has 0 radical (unpaired) electrons. The van der Waals surface area contributed by atoms with E-state index in [0.29, 0.717) is 17.4 Å². The van der Waals surface area contributed by atoms with Gasteiger partial charge in [-0.05, 0) is 13.2 Å². The van der Waals surface area contributed by atoms with Gasteiger partial charge in [-0.2, -0.15) is 5.26 Å². The van der Waals surface area contributed by atoms with E-state index in [9.17, 15) is 4.79 Å². The molecular weight excluding hydrogens is 260 g/mol. The first-order chi connectivity index (χ1) is 9.17. The number of rotatable bonds is 3. The summed E-state index contributed by atoms with van der Waals surface area (Å²) in [7, 11) is 0. The Kier molecular flexibility index (Phi) is 4.17. The molecule has 1 aliphatic carbocycles. The molecule has 2 rings (SSSR count). The summed E-state index contributed by atoms with van der Waals surface area (Å²) in [5.74, 6) is -0.220. The lowest BCUT2D eigenvalue weighted by Crippen LogP contribution is -2.31. The van der Waals surface area contributed by atoms with Gasteiger partial charge in [0.25, 0.3) is 5.56 Å². The average molecular weight is 274 g/mol. The smallest absolute Gasteiger partial charge is 0.275 e. The van der Waals surface area contributed by atoms with E-state index in [0.717, 1.165) is 0 Å². The first-order valence-corrected chi connectivity index (χ1v) is 7.12. The van der Waals surface area contributed by atoms with Crippen LogP contribution < -0.4 is 5.56 Å². The Morgan fingerprint density at radius 2 is 2.16 bits per heavy atom. The van der Waals surface area contributed by atoms with E-state index in [1.54, 1.807) is 11.5 Å². The van der Waals surface area contributed by atoms with E-state index >= 15 is 0 Å². The molecule has 0 saturated heterocycles. The normalized spacial score (nSPS) is 21.3. The topological polar surface area (TPSA) is 71.6 Å². The van der Waals surface area contributed by atoms with E-state index in [-0.39, 0.29) is 17.4 Å². The van der Waals surface area contributed by atoms with Crippen LogP contribution in [0.2, 0.25) is 0 Å². The molecule has 6 heteroatoms. The number of allylic oxidation sites excluding steroid dienone is 4. The van der Waals surface area contributed by atoms with E-state index in [1.165, 1.54) is 11.8 Å². The number of nitriles is 1. The first-order valence-electron chi connectivity index (χ1n) is 5.90. The second-order valence-corrected chi connectivity index (χ2v) is 5.05. The van der Waals surface area contributed by atoms with Gasteiger partial charge in [-0.1, -0.05) is 36.1 Å². The Hall–Kier alpha value is -1.87. The molecule has 0 aromatic carbocycles. The van der Waals surface area contributed by atoms with Crippen molar-refractivity contribution in [1.82, 2.24) is 14.8 Å². The fraction of sp³-hybridized carbons (Fsp3) is 0.385. The zero-order valence-electron chi connectivity index (χ0n) is 10.8. The lowest BCUT2D eigenvalue weighted by atomic mass is 9.89. The third kappa shape index (κ3) is 2.76. The van der Waals surface area contributed by atoms with Gasteiger partial charge < -0.3 is 0 Å². The highest BCUT2D eigenvalue weighted by molar-refractivity contribution is 7.98. The molecule has 1 aromatic rings. The van der Waals surface area contributed by atoms with Crippen LogP contribution >= 0.6 is 11.8 Å². The summed E-state index contributed by atoms with van der Waals surface area (Å²) < 4.78 is 1.60. The lowest BCUT2D eigenvalue weighted by Gasteiger charge is -2.20. The summed E-state index contributed by atoms with van der Waals surface area (Å²) in [5, 5.41) is 17.6. The maximum atomic E-state index is 12.1. The molecule has 0 aliphatic heterocycles. The van der Waals surface area contributed by atoms with Crippen molar-refractivity contribution in [3.63, 3.8) is 0 Å². The number of aryl methyl sites for hydroxylation is 1. The zero-order valence-corrected chi connectivity index (χ0v) is 11.6. The highest BCUT2D eigenvalue weighted by Gasteiger charge is 2.21. The number of nitrogens with zero attached hydrogens (tertiary/aromatic N) is 4. The van der Waals surface area contributed by atoms with Crippen LogP contribution in [-0.4, -0.2) is 21.0 Å². The van der Waals surface area contributed by atoms with Gasteiger partial charge in [0.2, 0.25) is 0 Å². The SMILES string of the molecule is CSc1nnc(C)c(=O)n1CC1C=CC=CC1C#N. The van der Waals surface area contributed by atoms with Crippen LogP contribution in [-0.2, 0) is 6.54 Å². The number of hydrogen-bond donors (Lipinski definition) is 0. The number of aromatic nitrogens is 3. The number of hydrogen-bond acceptors (Lipinski definition) is 5. The Balaban J connectivity index is 2.36. The van der Waals surface area contributed by atoms with Crippen molar-refractivity contribution in [3.8, 4) is 6.07 Å². The molecule has 0 saturated carbocycles. The molecule has 0 bridgehead atoms. The summed E-state index contributed by atoms with van der Waals surface area (Å²) in [6.07, 6.45) is 9.44. The molecule has 2 unspecified atom stereocenters. The summed E-state index contributed by atoms with van der Waals surface area (Å²) in [6, 6.07) is 2.25. The molecular formula is C13H14N4OS. The van der Waals surface area contributed by atoms with Crippen molar-refractivity contribution in [2.45, 2.75) is 18.6 Å². The summed E-state index contributed by atoms with van der Waals surface area (Å²) in [6.45, 7) is 2.10. The minimum Gasteiger partial charge on any atom is -0.284 e. The van der Waals surface area contributed by atoms with Gasteiger partial charge in [0, 0.05) is 12.5 Å². The first kappa shape index (κ1) is 13.6. The minimum atomic E-state index is -0.208. The van der Waals surface area contributed by atoms with Crippen LogP contribution in [0.3, 0.4) is 0 Å². The van der Waals surface area contributed by atoms with Crippen LogP contribution in [0.15, 0.2) is 34.3 Å². The van der Waals surface area contributed by atoms with Crippen LogP contribution in [0.4, 0.5) is 0 Å². The van der Waals surface area contributed by atoms with Crippen LogP contribution in [0.25, 0.3) is 0 Å². The van der Waals surface area contributed by atoms with Gasteiger partial charge in [-0.15, -0.1) is 10.2 Å². The quantitative estimate of drug-likeness (QED) is 0.782. The largest absolute Gasteiger partial charge is 0.284 e. The van der Waals surface area contributed by atoms with Gasteiger partial charge >= 0.3 is 0 Å². The predicted octanol–water partition coefficient (Wildman–Crippen LogP) is 1.55. The fourth-order valence-corrected chi connectivity index (χ4v) is 2.49. The van der Waals surface area contributed by atoms with Crippen molar-refractivity contribution in [3.05, 3.63) is 40.4 Å². The maximum absolute atomic E-state index is 12.1. The minimum absolute atomic E-state index is 0.0119. The van der Waals surface area contributed by atoms with Crippen molar-refractivity contribution in [1.29, 1.82) is 5.26 Å². The zero-order chi connectivity index (χ0) is 13.8. The van der Waals surface area contributed by atoms with Gasteiger partial charge in [0.1, 0.15) is 5.69 Å². The van der Waals surface area contributed by atoms with Gasteiger partial charge in [-0.3, -0.25) is 9.36 Å². The molecule has 2 atom stereocenters. The highest BCUT2D eigenvalue weighted by atomic mass is 32.2. The van der Waals surface area contributed by atoms with Crippen molar-refractivity contribution < 1.29 is 0 Å². The molecule has 5 nitrogen and oxygen atoms in total.